The topological polar surface area (TPSA) is 106 Å². The van der Waals surface area contributed by atoms with E-state index in [4.69, 9.17) is 13.4 Å². The van der Waals surface area contributed by atoms with Crippen molar-refractivity contribution in [3.63, 3.8) is 0 Å². The molecule has 9 heteroatoms. The summed E-state index contributed by atoms with van der Waals surface area (Å²) >= 11 is 0. The minimum absolute atomic E-state index is 0.0562. The van der Waals surface area contributed by atoms with Crippen LogP contribution >= 0.6 is 8.96 Å². The van der Waals surface area contributed by atoms with E-state index in [0.717, 1.165) is 0 Å². The van der Waals surface area contributed by atoms with E-state index in [-0.39, 0.29) is 14.8 Å². The van der Waals surface area contributed by atoms with Crippen LogP contribution < -0.4 is 15.6 Å². The number of amidine groups is 1. The zero-order chi connectivity index (χ0) is 11.3. The van der Waals surface area contributed by atoms with Crippen molar-refractivity contribution in [3.8, 4) is 0 Å². The van der Waals surface area contributed by atoms with E-state index in [2.05, 4.69) is 20.2 Å². The number of β-amino-alcohol motifs (C(OH)–C–C–N with tert-alkyl or cyclic N) is 1. The van der Waals surface area contributed by atoms with Crippen LogP contribution in [-0.4, -0.2) is 44.2 Å². The number of aliphatic hydroxyl groups is 1. The molecular formula is C6H12BN4O3P. The Bertz CT molecular complexity index is 255. The average Bonchev–Trinajstić information content (AvgIpc) is 2.61. The summed E-state index contributed by atoms with van der Waals surface area (Å²) in [7, 11) is 4.55. The average molecular weight is 230 g/mol. The number of rotatable bonds is 3. The van der Waals surface area contributed by atoms with Gasteiger partial charge in [-0.1, -0.05) is 0 Å². The molecule has 0 aromatic carbocycles. The molecule has 1 saturated heterocycles. The summed E-state index contributed by atoms with van der Waals surface area (Å²) in [5, 5.41) is 22.1. The number of carbonyl (C=O) groups is 1. The zero-order valence-electron chi connectivity index (χ0n) is 7.91. The van der Waals surface area contributed by atoms with Crippen LogP contribution in [0, 0.1) is 11.3 Å². The molecule has 3 atom stereocenters. The standard InChI is InChI=1S/C6H12BN4O3P/c7-11-15-14-6(13)10-5(8)3-1-9-2-4(3)12/h3-4,9,11-12,15H,1-2H2,(H2,8,10,13)/t3-,4-/m0/s1. The van der Waals surface area contributed by atoms with Crippen LogP contribution in [0.3, 0.4) is 0 Å². The maximum absolute atomic E-state index is 11.0. The van der Waals surface area contributed by atoms with Gasteiger partial charge in [-0.15, -0.1) is 0 Å². The van der Waals surface area contributed by atoms with Gasteiger partial charge < -0.3 is 19.9 Å². The molecule has 7 nitrogen and oxygen atoms in total. The Morgan fingerprint density at radius 3 is 2.93 bits per heavy atom. The van der Waals surface area contributed by atoms with Crippen LogP contribution in [-0.2, 0) is 4.52 Å². The summed E-state index contributed by atoms with van der Waals surface area (Å²) in [4.78, 5) is 13.2. The molecule has 15 heavy (non-hydrogen) atoms. The molecule has 0 aromatic heterocycles. The molecule has 1 heterocycles. The minimum Gasteiger partial charge on any atom is -0.416 e. The number of hydrogen-bond donors (Lipinski definition) is 5. The third-order valence-corrected chi connectivity index (χ3v) is 2.40. The highest BCUT2D eigenvalue weighted by atomic mass is 31.1. The third-order valence-electron chi connectivity index (χ3n) is 1.99. The minimum atomic E-state index is -0.754. The third kappa shape index (κ3) is 3.75. The van der Waals surface area contributed by atoms with Gasteiger partial charge in [-0.25, -0.2) is 4.79 Å². The number of carbonyl (C=O) groups excluding carboxylic acids is 1. The molecule has 82 valence electrons. The highest BCUT2D eigenvalue weighted by Crippen LogP contribution is 2.10. The Morgan fingerprint density at radius 1 is 1.67 bits per heavy atom. The molecule has 5 N–H and O–H groups in total. The molecule has 0 spiro atoms. The predicted octanol–water partition coefficient (Wildman–Crippen LogP) is -1.55. The second-order valence-electron chi connectivity index (χ2n) is 3.01. The van der Waals surface area contributed by atoms with Crippen molar-refractivity contribution in [1.29, 1.82) is 5.41 Å². The summed E-state index contributed by atoms with van der Waals surface area (Å²) in [5.41, 5.74) is 0. The van der Waals surface area contributed by atoms with Gasteiger partial charge in [0.1, 0.15) is 14.8 Å². The number of nitrogens with one attached hydrogen (secondary N) is 4. The van der Waals surface area contributed by atoms with E-state index in [9.17, 15) is 9.90 Å². The van der Waals surface area contributed by atoms with Crippen molar-refractivity contribution < 1.29 is 14.4 Å². The Labute approximate surface area is 90.2 Å². The maximum Gasteiger partial charge on any atom is 0.416 e. The molecule has 1 rings (SSSR count). The molecule has 1 aliphatic rings. The number of amides is 1. The van der Waals surface area contributed by atoms with E-state index in [1.807, 2.05) is 0 Å². The number of aliphatic hydroxyl groups excluding tert-OH is 1. The van der Waals surface area contributed by atoms with E-state index in [1.54, 1.807) is 0 Å². The Kier molecular flexibility index (Phi) is 4.97. The molecule has 1 unspecified atom stereocenters. The van der Waals surface area contributed by atoms with E-state index in [0.29, 0.717) is 13.1 Å². The summed E-state index contributed by atoms with van der Waals surface area (Å²) in [6, 6.07) is 0. The summed E-state index contributed by atoms with van der Waals surface area (Å²) in [6.07, 6.45) is -1.40. The molecule has 0 aliphatic carbocycles. The second-order valence-corrected chi connectivity index (χ2v) is 3.70. The van der Waals surface area contributed by atoms with Crippen molar-refractivity contribution in [1.82, 2.24) is 15.6 Å². The molecule has 0 aromatic rings. The predicted molar refractivity (Wildman–Crippen MR) is 56.9 cm³/mol. The van der Waals surface area contributed by atoms with Gasteiger partial charge in [0.2, 0.25) is 0 Å². The van der Waals surface area contributed by atoms with Crippen LogP contribution in [0.25, 0.3) is 0 Å². The molecule has 2 radical (unpaired) electrons. The first kappa shape index (κ1) is 12.4. The van der Waals surface area contributed by atoms with Crippen molar-refractivity contribution in [2.24, 2.45) is 5.92 Å². The quantitative estimate of drug-likeness (QED) is 0.175. The van der Waals surface area contributed by atoms with Crippen LogP contribution in [0.1, 0.15) is 0 Å². The summed E-state index contributed by atoms with van der Waals surface area (Å²) < 4.78 is 4.56. The summed E-state index contributed by atoms with van der Waals surface area (Å²) in [5.74, 6) is -0.453. The van der Waals surface area contributed by atoms with Crippen LogP contribution in [0.4, 0.5) is 4.79 Å². The van der Waals surface area contributed by atoms with Gasteiger partial charge in [-0.2, -0.15) is 0 Å². The fourth-order valence-electron chi connectivity index (χ4n) is 1.26. The van der Waals surface area contributed by atoms with Gasteiger partial charge >= 0.3 is 6.09 Å². The first-order valence-corrected chi connectivity index (χ1v) is 5.21. The van der Waals surface area contributed by atoms with Crippen LogP contribution in [0.5, 0.6) is 0 Å². The smallest absolute Gasteiger partial charge is 0.416 e. The largest absolute Gasteiger partial charge is 0.416 e. The SMILES string of the molecule is [B]NPOC(=O)NC(=N)[C@H]1CNC[C@@H]1O. The molecular weight excluding hydrogens is 218 g/mol. The molecule has 1 fully saturated rings. The highest BCUT2D eigenvalue weighted by Gasteiger charge is 2.29. The van der Waals surface area contributed by atoms with E-state index in [1.165, 1.54) is 0 Å². The van der Waals surface area contributed by atoms with E-state index < -0.39 is 18.1 Å². The van der Waals surface area contributed by atoms with Gasteiger partial charge in [-0.3, -0.25) is 10.7 Å². The molecule has 0 bridgehead atoms. The van der Waals surface area contributed by atoms with Crippen molar-refractivity contribution in [2.75, 3.05) is 13.1 Å². The fourth-order valence-corrected chi connectivity index (χ4v) is 1.47. The monoisotopic (exact) mass is 230 g/mol. The zero-order valence-corrected chi connectivity index (χ0v) is 8.91. The van der Waals surface area contributed by atoms with E-state index >= 15 is 0 Å². The van der Waals surface area contributed by atoms with Crippen molar-refractivity contribution in [3.05, 3.63) is 0 Å². The first-order valence-electron chi connectivity index (χ1n) is 4.30. The Morgan fingerprint density at radius 2 is 2.40 bits per heavy atom. The molecule has 0 saturated carbocycles. The van der Waals surface area contributed by atoms with Crippen LogP contribution in [0.2, 0.25) is 0 Å². The molecule has 1 amide bonds. The fraction of sp³-hybridized carbons (Fsp3) is 0.667. The first-order chi connectivity index (χ1) is 7.15. The van der Waals surface area contributed by atoms with Gasteiger partial charge in [0.25, 0.3) is 0 Å². The lowest BCUT2D eigenvalue weighted by Gasteiger charge is -2.15. The lowest BCUT2D eigenvalue weighted by atomic mass is 10.1. The lowest BCUT2D eigenvalue weighted by Crippen LogP contribution is -2.39. The van der Waals surface area contributed by atoms with Gasteiger partial charge in [0, 0.05) is 13.1 Å². The Hall–Kier alpha value is -0.685. The normalized spacial score (nSPS) is 25.7. The van der Waals surface area contributed by atoms with Crippen molar-refractivity contribution >= 4 is 28.9 Å². The summed E-state index contributed by atoms with van der Waals surface area (Å²) in [6.45, 7) is 0.896. The second kappa shape index (κ2) is 6.02. The number of hydrogen-bond acceptors (Lipinski definition) is 6. The van der Waals surface area contributed by atoms with Gasteiger partial charge in [0.05, 0.1) is 12.0 Å². The Balaban J connectivity index is 2.31. The maximum atomic E-state index is 11.0. The van der Waals surface area contributed by atoms with Gasteiger partial charge in [0.15, 0.2) is 7.98 Å². The highest BCUT2D eigenvalue weighted by molar-refractivity contribution is 7.32. The van der Waals surface area contributed by atoms with Crippen LogP contribution in [0.15, 0.2) is 0 Å². The van der Waals surface area contributed by atoms with Gasteiger partial charge in [-0.05, 0) is 0 Å². The van der Waals surface area contributed by atoms with Crippen molar-refractivity contribution in [2.45, 2.75) is 6.10 Å². The lowest BCUT2D eigenvalue weighted by molar-refractivity contribution is 0.172. The molecule has 1 aliphatic heterocycles.